The molecule has 9 heteroatoms. The first-order valence-electron chi connectivity index (χ1n) is 10.2. The van der Waals surface area contributed by atoms with Crippen LogP contribution in [0.2, 0.25) is 10.0 Å². The highest BCUT2D eigenvalue weighted by Gasteiger charge is 2.36. The Balaban J connectivity index is 1.85. The molecule has 0 radical (unpaired) electrons. The smallest absolute Gasteiger partial charge is 0.390 e. The summed E-state index contributed by atoms with van der Waals surface area (Å²) in [5, 5.41) is 12.3. The minimum atomic E-state index is -4.57. The molecular weight excluding hydrogens is 466 g/mol. The van der Waals surface area contributed by atoms with Gasteiger partial charge in [0.05, 0.1) is 29.5 Å². The van der Waals surface area contributed by atoms with E-state index in [0.29, 0.717) is 22.9 Å². The zero-order valence-corrected chi connectivity index (χ0v) is 18.5. The molecule has 1 aliphatic carbocycles. The van der Waals surface area contributed by atoms with Gasteiger partial charge in [0.25, 0.3) is 0 Å². The van der Waals surface area contributed by atoms with E-state index in [1.807, 2.05) is 0 Å². The van der Waals surface area contributed by atoms with E-state index in [2.05, 4.69) is 5.32 Å². The Morgan fingerprint density at radius 3 is 2.25 bits per heavy atom. The number of carboxylic acids is 1. The van der Waals surface area contributed by atoms with Gasteiger partial charge in [0.15, 0.2) is 0 Å². The minimum Gasteiger partial charge on any atom is -0.481 e. The largest absolute Gasteiger partial charge is 0.481 e. The van der Waals surface area contributed by atoms with E-state index in [9.17, 15) is 27.9 Å². The molecule has 1 amide bonds. The van der Waals surface area contributed by atoms with E-state index in [0.717, 1.165) is 12.8 Å². The lowest BCUT2D eigenvalue weighted by Gasteiger charge is -2.21. The summed E-state index contributed by atoms with van der Waals surface area (Å²) in [6.45, 7) is 0. The van der Waals surface area contributed by atoms with E-state index in [-0.39, 0.29) is 28.6 Å². The Morgan fingerprint density at radius 2 is 1.69 bits per heavy atom. The number of nitrogens with one attached hydrogen (secondary N) is 1. The number of hydrogen-bond acceptors (Lipinski definition) is 2. The molecule has 1 saturated carbocycles. The van der Waals surface area contributed by atoms with Gasteiger partial charge >= 0.3 is 12.1 Å². The fraction of sp³-hybridized carbons (Fsp3) is 0.391. The number of benzene rings is 2. The SMILES string of the molecule is O=C(O)CC(CC1CC1)c1ccc(Cl)c(NC(=O)[C@@H](CC(F)(F)F)c2ccc(Cl)cc2)c1. The molecule has 1 unspecified atom stereocenters. The molecule has 0 bridgehead atoms. The number of carbonyl (C=O) groups is 2. The van der Waals surface area contributed by atoms with Crippen molar-refractivity contribution in [3.8, 4) is 0 Å². The standard InChI is InChI=1S/C23H22Cl2F3NO3/c24-17-6-3-14(4-7-17)18(12-23(26,27)28)22(32)29-20-10-15(5-8-19(20)25)16(11-21(30)31)9-13-1-2-13/h3-8,10,13,16,18H,1-2,9,11-12H2,(H,29,32)(H,30,31)/t16?,18-/m0/s1. The lowest BCUT2D eigenvalue weighted by molar-refractivity contribution is -0.146. The quantitative estimate of drug-likeness (QED) is 0.399. The highest BCUT2D eigenvalue weighted by molar-refractivity contribution is 6.33. The van der Waals surface area contributed by atoms with Crippen molar-refractivity contribution in [2.24, 2.45) is 5.92 Å². The fourth-order valence-electron chi connectivity index (χ4n) is 3.70. The van der Waals surface area contributed by atoms with Gasteiger partial charge in [-0.3, -0.25) is 9.59 Å². The second-order valence-corrected chi connectivity index (χ2v) is 8.97. The van der Waals surface area contributed by atoms with Crippen molar-refractivity contribution in [2.45, 2.75) is 50.1 Å². The predicted octanol–water partition coefficient (Wildman–Crippen LogP) is 7.03. The van der Waals surface area contributed by atoms with Crippen LogP contribution in [0.25, 0.3) is 0 Å². The molecular formula is C23H22Cl2F3NO3. The number of aliphatic carboxylic acids is 1. The van der Waals surface area contributed by atoms with Gasteiger partial charge in [-0.05, 0) is 53.6 Å². The third kappa shape index (κ3) is 7.14. The lowest BCUT2D eigenvalue weighted by Crippen LogP contribution is -2.26. The summed E-state index contributed by atoms with van der Waals surface area (Å²) < 4.78 is 39.5. The fourth-order valence-corrected chi connectivity index (χ4v) is 4.00. The van der Waals surface area contributed by atoms with Crippen LogP contribution in [0.3, 0.4) is 0 Å². The summed E-state index contributed by atoms with van der Waals surface area (Å²) in [5.41, 5.74) is 1.01. The van der Waals surface area contributed by atoms with Crippen molar-refractivity contribution in [3.05, 3.63) is 63.6 Å². The van der Waals surface area contributed by atoms with Crippen molar-refractivity contribution >= 4 is 40.8 Å². The van der Waals surface area contributed by atoms with Crippen molar-refractivity contribution in [3.63, 3.8) is 0 Å². The number of rotatable bonds is 9. The van der Waals surface area contributed by atoms with Crippen LogP contribution in [0.1, 0.15) is 55.1 Å². The molecule has 32 heavy (non-hydrogen) atoms. The predicted molar refractivity (Wildman–Crippen MR) is 117 cm³/mol. The van der Waals surface area contributed by atoms with Gasteiger partial charge in [0.1, 0.15) is 0 Å². The number of amides is 1. The first-order chi connectivity index (χ1) is 15.0. The number of carbonyl (C=O) groups excluding carboxylic acids is 1. The maximum atomic E-state index is 13.2. The van der Waals surface area contributed by atoms with Crippen LogP contribution in [-0.4, -0.2) is 23.2 Å². The zero-order valence-electron chi connectivity index (χ0n) is 17.0. The maximum Gasteiger partial charge on any atom is 0.390 e. The summed E-state index contributed by atoms with van der Waals surface area (Å²) in [5.74, 6) is -3.09. The first-order valence-corrected chi connectivity index (χ1v) is 10.9. The summed E-state index contributed by atoms with van der Waals surface area (Å²) in [6, 6.07) is 10.4. The van der Waals surface area contributed by atoms with Gasteiger partial charge in [0.2, 0.25) is 5.91 Å². The second kappa shape index (κ2) is 10.1. The normalized spacial score (nSPS) is 15.8. The molecule has 0 saturated heterocycles. The summed E-state index contributed by atoms with van der Waals surface area (Å²) >= 11 is 12.0. The van der Waals surface area contributed by atoms with Crippen molar-refractivity contribution in [1.29, 1.82) is 0 Å². The van der Waals surface area contributed by atoms with Gasteiger partial charge in [0, 0.05) is 5.02 Å². The van der Waals surface area contributed by atoms with Crippen LogP contribution in [0.4, 0.5) is 18.9 Å². The zero-order chi connectivity index (χ0) is 23.5. The molecule has 0 aliphatic heterocycles. The van der Waals surface area contributed by atoms with Crippen molar-refractivity contribution in [2.75, 3.05) is 5.32 Å². The maximum absolute atomic E-state index is 13.2. The topological polar surface area (TPSA) is 66.4 Å². The number of carboxylic acid groups (broad SMARTS) is 1. The molecule has 0 spiro atoms. The van der Waals surface area contributed by atoms with Gasteiger partial charge in [-0.25, -0.2) is 0 Å². The first kappa shape index (κ1) is 24.4. The number of halogens is 5. The monoisotopic (exact) mass is 487 g/mol. The van der Waals surface area contributed by atoms with Crippen molar-refractivity contribution in [1.82, 2.24) is 0 Å². The molecule has 2 aromatic carbocycles. The molecule has 2 atom stereocenters. The molecule has 0 aromatic heterocycles. The highest BCUT2D eigenvalue weighted by atomic mass is 35.5. The molecule has 4 nitrogen and oxygen atoms in total. The van der Waals surface area contributed by atoms with Crippen LogP contribution in [0.15, 0.2) is 42.5 Å². The average Bonchev–Trinajstić information content (AvgIpc) is 3.51. The molecule has 1 fully saturated rings. The van der Waals surface area contributed by atoms with Gasteiger partial charge in [-0.2, -0.15) is 13.2 Å². The van der Waals surface area contributed by atoms with Crippen LogP contribution < -0.4 is 5.32 Å². The molecule has 2 N–H and O–H groups in total. The Kier molecular flexibility index (Phi) is 7.72. The molecule has 3 rings (SSSR count). The highest BCUT2D eigenvalue weighted by Crippen LogP contribution is 2.41. The summed E-state index contributed by atoms with van der Waals surface area (Å²) in [4.78, 5) is 24.2. The Labute approximate surface area is 193 Å². The molecule has 2 aromatic rings. The average molecular weight is 488 g/mol. The van der Waals surface area contributed by atoms with Crippen LogP contribution in [0, 0.1) is 5.92 Å². The molecule has 0 heterocycles. The van der Waals surface area contributed by atoms with E-state index < -0.39 is 30.4 Å². The van der Waals surface area contributed by atoms with E-state index in [1.54, 1.807) is 12.1 Å². The van der Waals surface area contributed by atoms with Crippen LogP contribution in [-0.2, 0) is 9.59 Å². The summed E-state index contributed by atoms with van der Waals surface area (Å²) in [6.07, 6.45) is -3.19. The molecule has 1 aliphatic rings. The number of hydrogen-bond donors (Lipinski definition) is 2. The summed E-state index contributed by atoms with van der Waals surface area (Å²) in [7, 11) is 0. The number of alkyl halides is 3. The Morgan fingerprint density at radius 1 is 1.06 bits per heavy atom. The molecule has 172 valence electrons. The van der Waals surface area contributed by atoms with E-state index >= 15 is 0 Å². The minimum absolute atomic E-state index is 0.0764. The van der Waals surface area contributed by atoms with Crippen molar-refractivity contribution < 1.29 is 27.9 Å². The van der Waals surface area contributed by atoms with Crippen LogP contribution in [0.5, 0.6) is 0 Å². The number of anilines is 1. The third-order valence-corrected chi connectivity index (χ3v) is 6.06. The van der Waals surface area contributed by atoms with Gasteiger partial charge in [-0.15, -0.1) is 0 Å². The second-order valence-electron chi connectivity index (χ2n) is 8.13. The van der Waals surface area contributed by atoms with Gasteiger partial charge < -0.3 is 10.4 Å². The van der Waals surface area contributed by atoms with E-state index in [1.165, 1.54) is 30.3 Å². The van der Waals surface area contributed by atoms with Crippen LogP contribution >= 0.6 is 23.2 Å². The van der Waals surface area contributed by atoms with E-state index in [4.69, 9.17) is 23.2 Å². The lowest BCUT2D eigenvalue weighted by atomic mass is 9.90. The Hall–Kier alpha value is -2.25. The Bertz CT molecular complexity index is 975. The van der Waals surface area contributed by atoms with Gasteiger partial charge in [-0.1, -0.05) is 54.2 Å². The third-order valence-electron chi connectivity index (χ3n) is 5.48.